The third-order valence-electron chi connectivity index (χ3n) is 3.80. The van der Waals surface area contributed by atoms with E-state index >= 15 is 0 Å². The van der Waals surface area contributed by atoms with Gasteiger partial charge < -0.3 is 8.92 Å². The van der Waals surface area contributed by atoms with Crippen LogP contribution in [0.15, 0.2) is 58.2 Å². The number of halogens is 3. The average molecular weight is 454 g/mol. The summed E-state index contributed by atoms with van der Waals surface area (Å²) in [5, 5.41) is 3.77. The van der Waals surface area contributed by atoms with Crippen molar-refractivity contribution in [2.75, 3.05) is 6.61 Å². The van der Waals surface area contributed by atoms with Crippen molar-refractivity contribution >= 4 is 16.1 Å². The van der Waals surface area contributed by atoms with Gasteiger partial charge in [0.2, 0.25) is 5.69 Å². The molecule has 1 heterocycles. The molecule has 3 rings (SSSR count). The topological polar surface area (TPSA) is 105 Å². The van der Waals surface area contributed by atoms with E-state index in [0.717, 1.165) is 12.1 Å². The van der Waals surface area contributed by atoms with E-state index in [1.165, 1.54) is 19.1 Å². The number of carbonyl (C=O) groups is 1. The lowest BCUT2D eigenvalue weighted by Crippen LogP contribution is -2.26. The van der Waals surface area contributed by atoms with Crippen LogP contribution in [0.2, 0.25) is 0 Å². The highest BCUT2D eigenvalue weighted by atomic mass is 32.2. The molecule has 0 aliphatic heterocycles. The molecule has 0 bridgehead atoms. The fourth-order valence-corrected chi connectivity index (χ4v) is 3.44. The van der Waals surface area contributed by atoms with Crippen molar-refractivity contribution in [1.82, 2.24) is 9.78 Å². The first-order chi connectivity index (χ1) is 14.6. The summed E-state index contributed by atoms with van der Waals surface area (Å²) in [5.41, 5.74) is -1.59. The molecule has 8 nitrogen and oxygen atoms in total. The number of rotatable bonds is 6. The molecule has 162 valence electrons. The minimum absolute atomic E-state index is 0.0657. The first kappa shape index (κ1) is 22.0. The van der Waals surface area contributed by atoms with Crippen molar-refractivity contribution in [3.63, 3.8) is 0 Å². The van der Waals surface area contributed by atoms with Crippen molar-refractivity contribution in [2.45, 2.75) is 11.8 Å². The molecule has 0 saturated carbocycles. The number of hydrogen-bond acceptors (Lipinski definition) is 7. The zero-order chi connectivity index (χ0) is 22.8. The minimum Gasteiger partial charge on any atom is -0.461 e. The molecular weight excluding hydrogens is 441 g/mol. The second-order valence-corrected chi connectivity index (χ2v) is 7.43. The second-order valence-electron chi connectivity index (χ2n) is 5.92. The van der Waals surface area contributed by atoms with Crippen LogP contribution in [0, 0.1) is 17.5 Å². The number of esters is 1. The molecule has 0 spiro atoms. The van der Waals surface area contributed by atoms with Crippen LogP contribution in [-0.4, -0.2) is 30.8 Å². The largest absolute Gasteiger partial charge is 0.461 e. The van der Waals surface area contributed by atoms with E-state index in [2.05, 4.69) is 5.10 Å². The van der Waals surface area contributed by atoms with Gasteiger partial charge in [-0.05, 0) is 43.3 Å². The molecule has 0 aliphatic rings. The van der Waals surface area contributed by atoms with Crippen LogP contribution < -0.4 is 9.74 Å². The first-order valence-electron chi connectivity index (χ1n) is 8.59. The van der Waals surface area contributed by atoms with Crippen molar-refractivity contribution < 1.29 is 35.3 Å². The van der Waals surface area contributed by atoms with Gasteiger partial charge in [-0.3, -0.25) is 4.79 Å². The maximum atomic E-state index is 13.9. The normalized spacial score (nSPS) is 11.2. The van der Waals surface area contributed by atoms with Crippen molar-refractivity contribution in [3.8, 4) is 11.4 Å². The highest BCUT2D eigenvalue weighted by Gasteiger charge is 2.27. The van der Waals surface area contributed by atoms with Crippen LogP contribution in [0.4, 0.5) is 13.2 Å². The molecule has 0 aliphatic carbocycles. The molecule has 1 aromatic heterocycles. The minimum atomic E-state index is -4.92. The van der Waals surface area contributed by atoms with Crippen LogP contribution in [0.5, 0.6) is 5.75 Å². The molecule has 2 aromatic carbocycles. The van der Waals surface area contributed by atoms with Crippen LogP contribution >= 0.6 is 0 Å². The number of carbonyl (C=O) groups excluding carboxylic acids is 1. The summed E-state index contributed by atoms with van der Waals surface area (Å²) in [6.45, 7) is 1.36. The molecule has 0 unspecified atom stereocenters. The Morgan fingerprint density at radius 3 is 2.29 bits per heavy atom. The molecule has 0 N–H and O–H groups in total. The van der Waals surface area contributed by atoms with E-state index in [1.807, 2.05) is 0 Å². The maximum absolute atomic E-state index is 13.9. The van der Waals surface area contributed by atoms with E-state index in [1.54, 1.807) is 0 Å². The summed E-state index contributed by atoms with van der Waals surface area (Å²) in [4.78, 5) is 23.7. The van der Waals surface area contributed by atoms with Gasteiger partial charge in [0.05, 0.1) is 18.4 Å². The predicted molar refractivity (Wildman–Crippen MR) is 99.9 cm³/mol. The van der Waals surface area contributed by atoms with Gasteiger partial charge in [-0.15, -0.1) is 0 Å². The van der Waals surface area contributed by atoms with Gasteiger partial charge in [0.25, 0.3) is 5.56 Å². The first-order valence-corrected chi connectivity index (χ1v) is 10.00. The Bertz CT molecular complexity index is 1310. The Morgan fingerprint density at radius 2 is 1.68 bits per heavy atom. The Kier molecular flexibility index (Phi) is 6.11. The van der Waals surface area contributed by atoms with E-state index in [9.17, 15) is 31.2 Å². The van der Waals surface area contributed by atoms with Gasteiger partial charge in [0.15, 0.2) is 5.75 Å². The van der Waals surface area contributed by atoms with Gasteiger partial charge >= 0.3 is 16.1 Å². The number of ether oxygens (including phenoxy) is 1. The third-order valence-corrected chi connectivity index (χ3v) is 5.07. The summed E-state index contributed by atoms with van der Waals surface area (Å²) in [7, 11) is -4.92. The van der Waals surface area contributed by atoms with Gasteiger partial charge in [-0.1, -0.05) is 0 Å². The highest BCUT2D eigenvalue weighted by Crippen LogP contribution is 2.24. The van der Waals surface area contributed by atoms with E-state index in [-0.39, 0.29) is 12.3 Å². The Balaban J connectivity index is 2.12. The summed E-state index contributed by atoms with van der Waals surface area (Å²) in [5.74, 6) is -5.01. The van der Waals surface area contributed by atoms with Crippen molar-refractivity contribution in [2.24, 2.45) is 0 Å². The van der Waals surface area contributed by atoms with Crippen LogP contribution in [-0.2, 0) is 14.9 Å². The molecule has 0 radical (unpaired) electrons. The van der Waals surface area contributed by atoms with Gasteiger partial charge in [0, 0.05) is 6.07 Å². The molecule has 0 saturated heterocycles. The summed E-state index contributed by atoms with van der Waals surface area (Å²) in [6, 6.07) is 6.75. The summed E-state index contributed by atoms with van der Waals surface area (Å²) < 4.78 is 75.3. The number of nitrogens with zero attached hydrogens (tertiary/aromatic N) is 2. The lowest BCUT2D eigenvalue weighted by molar-refractivity contribution is 0.0515. The number of hydrogen-bond donors (Lipinski definition) is 0. The van der Waals surface area contributed by atoms with Crippen molar-refractivity contribution in [1.29, 1.82) is 0 Å². The predicted octanol–water partition coefficient (Wildman–Crippen LogP) is 2.59. The second kappa shape index (κ2) is 8.60. The molecule has 0 fully saturated rings. The SMILES string of the molecule is CCOC(=O)c1nn(-c2ccc(F)cc2)c(=O)cc1OS(=O)(=O)c1ccc(F)cc1F. The van der Waals surface area contributed by atoms with Gasteiger partial charge in [-0.25, -0.2) is 18.0 Å². The van der Waals surface area contributed by atoms with E-state index < -0.39 is 55.4 Å². The fourth-order valence-electron chi connectivity index (χ4n) is 2.45. The van der Waals surface area contributed by atoms with E-state index in [0.29, 0.717) is 28.9 Å². The molecular formula is C19H13F3N2O6S. The van der Waals surface area contributed by atoms with Crippen LogP contribution in [0.1, 0.15) is 17.4 Å². The molecule has 3 aromatic rings. The monoisotopic (exact) mass is 454 g/mol. The summed E-state index contributed by atoms with van der Waals surface area (Å²) >= 11 is 0. The lowest BCUT2D eigenvalue weighted by Gasteiger charge is -2.13. The molecule has 0 amide bonds. The standard InChI is InChI=1S/C19H13F3N2O6S/c1-2-29-19(26)18-15(30-31(27,28)16-8-5-12(21)9-14(16)22)10-17(25)24(23-18)13-6-3-11(20)4-7-13/h3-10H,2H2,1H3. The summed E-state index contributed by atoms with van der Waals surface area (Å²) in [6.07, 6.45) is 0. The smallest absolute Gasteiger partial charge is 0.362 e. The van der Waals surface area contributed by atoms with Gasteiger partial charge in [-0.2, -0.15) is 18.2 Å². The molecule has 31 heavy (non-hydrogen) atoms. The third kappa shape index (κ3) is 4.74. The van der Waals surface area contributed by atoms with E-state index in [4.69, 9.17) is 8.92 Å². The number of aromatic nitrogens is 2. The molecule has 12 heteroatoms. The quantitative estimate of drug-likeness (QED) is 0.417. The van der Waals surface area contributed by atoms with Crippen LogP contribution in [0.25, 0.3) is 5.69 Å². The van der Waals surface area contributed by atoms with Crippen molar-refractivity contribution in [3.05, 3.63) is 82.0 Å². The number of benzene rings is 2. The zero-order valence-corrected chi connectivity index (χ0v) is 16.5. The average Bonchev–Trinajstić information content (AvgIpc) is 2.68. The highest BCUT2D eigenvalue weighted by molar-refractivity contribution is 7.87. The maximum Gasteiger partial charge on any atom is 0.362 e. The lowest BCUT2D eigenvalue weighted by atomic mass is 10.3. The Hall–Kier alpha value is -3.67. The van der Waals surface area contributed by atoms with Crippen LogP contribution in [0.3, 0.4) is 0 Å². The Morgan fingerprint density at radius 1 is 1.03 bits per heavy atom. The molecule has 0 atom stereocenters. The fraction of sp³-hybridized carbons (Fsp3) is 0.105. The van der Waals surface area contributed by atoms with Gasteiger partial charge in [0.1, 0.15) is 22.3 Å². The zero-order valence-electron chi connectivity index (χ0n) is 15.7. The Labute approximate surface area is 173 Å².